The average molecular weight is 533 g/mol. The summed E-state index contributed by atoms with van der Waals surface area (Å²) in [4.78, 5) is 24.4. The fourth-order valence-corrected chi connectivity index (χ4v) is 3.40. The Hall–Kier alpha value is -3.64. The van der Waals surface area contributed by atoms with Gasteiger partial charge in [0.2, 0.25) is 11.5 Å². The topological polar surface area (TPSA) is 154 Å². The number of nitrogens with one attached hydrogen (secondary N) is 3. The van der Waals surface area contributed by atoms with Crippen molar-refractivity contribution >= 4 is 39.2 Å². The van der Waals surface area contributed by atoms with E-state index in [1.807, 2.05) is 37.3 Å². The number of amides is 2. The molecule has 0 atom stereocenters. The maximum atomic E-state index is 12.4. The fourth-order valence-electron chi connectivity index (χ4n) is 2.95. The average Bonchev–Trinajstić information content (AvgIpc) is 3.26. The second kappa shape index (κ2) is 12.0. The normalized spacial score (nSPS) is 10.6. The minimum Gasteiger partial charge on any atom is -0.493 e. The van der Waals surface area contributed by atoms with Crippen LogP contribution in [-0.2, 0) is 11.3 Å². The first kappa shape index (κ1) is 25.0. The van der Waals surface area contributed by atoms with Gasteiger partial charge in [-0.25, -0.2) is 4.63 Å². The molecule has 1 aromatic heterocycles. The molecule has 0 saturated heterocycles. The molecule has 2 aromatic carbocycles. The molecule has 180 valence electrons. The SMILES string of the molecule is COc1ccc(Br)c(CNCCNC(=O)c2nonc2N)c1OCC(=O)Nc1ccc(C)cc1. The summed E-state index contributed by atoms with van der Waals surface area (Å²) in [6, 6.07) is 11.1. The number of aryl methyl sites for hydroxylation is 1. The lowest BCUT2D eigenvalue weighted by atomic mass is 10.2. The number of aromatic nitrogens is 2. The number of methoxy groups -OCH3 is 1. The van der Waals surface area contributed by atoms with Crippen LogP contribution in [0, 0.1) is 6.92 Å². The highest BCUT2D eigenvalue weighted by molar-refractivity contribution is 9.10. The van der Waals surface area contributed by atoms with Crippen molar-refractivity contribution in [3.05, 3.63) is 57.7 Å². The first-order chi connectivity index (χ1) is 16.4. The van der Waals surface area contributed by atoms with Gasteiger partial charge in [-0.3, -0.25) is 9.59 Å². The Morgan fingerprint density at radius 3 is 2.56 bits per heavy atom. The van der Waals surface area contributed by atoms with Crippen LogP contribution in [0.15, 0.2) is 45.5 Å². The summed E-state index contributed by atoms with van der Waals surface area (Å²) in [5.41, 5.74) is 8.00. The Labute approximate surface area is 204 Å². The Morgan fingerprint density at radius 2 is 1.88 bits per heavy atom. The van der Waals surface area contributed by atoms with Crippen molar-refractivity contribution in [1.29, 1.82) is 0 Å². The molecule has 0 radical (unpaired) electrons. The van der Waals surface area contributed by atoms with Crippen molar-refractivity contribution in [1.82, 2.24) is 20.9 Å². The maximum absolute atomic E-state index is 12.4. The third-order valence-electron chi connectivity index (χ3n) is 4.69. The summed E-state index contributed by atoms with van der Waals surface area (Å²) in [5, 5.41) is 15.5. The van der Waals surface area contributed by atoms with Gasteiger partial charge in [-0.1, -0.05) is 33.6 Å². The van der Waals surface area contributed by atoms with Crippen molar-refractivity contribution in [3.8, 4) is 11.5 Å². The van der Waals surface area contributed by atoms with E-state index in [9.17, 15) is 9.59 Å². The number of hydrogen-bond donors (Lipinski definition) is 4. The van der Waals surface area contributed by atoms with Crippen molar-refractivity contribution in [2.75, 3.05) is 37.9 Å². The van der Waals surface area contributed by atoms with Gasteiger partial charge in [0, 0.05) is 35.4 Å². The van der Waals surface area contributed by atoms with Crippen LogP contribution in [0.25, 0.3) is 0 Å². The van der Waals surface area contributed by atoms with Crippen molar-refractivity contribution in [2.45, 2.75) is 13.5 Å². The van der Waals surface area contributed by atoms with Gasteiger partial charge in [0.1, 0.15) is 0 Å². The lowest BCUT2D eigenvalue weighted by molar-refractivity contribution is -0.118. The van der Waals surface area contributed by atoms with Crippen molar-refractivity contribution < 1.29 is 23.7 Å². The molecule has 0 unspecified atom stereocenters. The molecular formula is C22H25BrN6O5. The molecule has 0 aliphatic heterocycles. The number of halogens is 1. The van der Waals surface area contributed by atoms with E-state index in [0.29, 0.717) is 36.8 Å². The number of nitrogens with two attached hydrogens (primary N) is 1. The van der Waals surface area contributed by atoms with E-state index in [4.69, 9.17) is 15.2 Å². The lowest BCUT2D eigenvalue weighted by Crippen LogP contribution is -2.32. The number of nitrogens with zero attached hydrogens (tertiary/aromatic N) is 2. The van der Waals surface area contributed by atoms with Crippen LogP contribution >= 0.6 is 15.9 Å². The standard InChI is InChI=1S/C22H25BrN6O5/c1-13-3-5-14(6-4-13)27-18(30)12-33-20-15(16(23)7-8-17(20)32-2)11-25-9-10-26-22(31)19-21(24)29-34-28-19/h3-8,25H,9-12H2,1-2H3,(H2,24,29)(H,26,31)(H,27,30). The molecule has 0 fully saturated rings. The third-order valence-corrected chi connectivity index (χ3v) is 5.43. The summed E-state index contributed by atoms with van der Waals surface area (Å²) in [6.45, 7) is 2.91. The van der Waals surface area contributed by atoms with Gasteiger partial charge in [0.15, 0.2) is 18.1 Å². The first-order valence-electron chi connectivity index (χ1n) is 10.3. The summed E-state index contributed by atoms with van der Waals surface area (Å²) in [6.07, 6.45) is 0. The largest absolute Gasteiger partial charge is 0.493 e. The molecular weight excluding hydrogens is 508 g/mol. The zero-order valence-electron chi connectivity index (χ0n) is 18.7. The van der Waals surface area contributed by atoms with Crippen LogP contribution in [0.4, 0.5) is 11.5 Å². The number of carbonyl (C=O) groups excluding carboxylic acids is 2. The quantitative estimate of drug-likeness (QED) is 0.272. The molecule has 1 heterocycles. The van der Waals surface area contributed by atoms with Crippen LogP contribution in [0.2, 0.25) is 0 Å². The van der Waals surface area contributed by atoms with Gasteiger partial charge in [-0.05, 0) is 41.5 Å². The molecule has 12 heteroatoms. The highest BCUT2D eigenvalue weighted by Crippen LogP contribution is 2.36. The molecule has 0 saturated carbocycles. The number of anilines is 2. The zero-order chi connectivity index (χ0) is 24.5. The number of benzene rings is 2. The second-order valence-electron chi connectivity index (χ2n) is 7.19. The Balaban J connectivity index is 1.55. The molecule has 0 bridgehead atoms. The number of nitrogen functional groups attached to an aromatic ring is 1. The van der Waals surface area contributed by atoms with Gasteiger partial charge in [-0.15, -0.1) is 0 Å². The molecule has 11 nitrogen and oxygen atoms in total. The third kappa shape index (κ3) is 6.68. The molecule has 34 heavy (non-hydrogen) atoms. The summed E-state index contributed by atoms with van der Waals surface area (Å²) in [5.74, 6) is 0.0826. The van der Waals surface area contributed by atoms with Gasteiger partial charge in [-0.2, -0.15) is 0 Å². The summed E-state index contributed by atoms with van der Waals surface area (Å²) in [7, 11) is 1.53. The van der Waals surface area contributed by atoms with Crippen molar-refractivity contribution in [2.24, 2.45) is 0 Å². The number of hydrogen-bond acceptors (Lipinski definition) is 9. The molecule has 3 rings (SSSR count). The monoisotopic (exact) mass is 532 g/mol. The smallest absolute Gasteiger partial charge is 0.277 e. The van der Waals surface area contributed by atoms with E-state index < -0.39 is 5.91 Å². The Bertz CT molecular complexity index is 1140. The minimum atomic E-state index is -0.480. The van der Waals surface area contributed by atoms with Gasteiger partial charge in [0.25, 0.3) is 11.8 Å². The van der Waals surface area contributed by atoms with E-state index in [1.165, 1.54) is 7.11 Å². The predicted molar refractivity (Wildman–Crippen MR) is 129 cm³/mol. The van der Waals surface area contributed by atoms with Crippen LogP contribution in [0.1, 0.15) is 21.6 Å². The zero-order valence-corrected chi connectivity index (χ0v) is 20.3. The minimum absolute atomic E-state index is 0.0601. The maximum Gasteiger partial charge on any atom is 0.277 e. The van der Waals surface area contributed by atoms with Crippen LogP contribution < -0.4 is 31.2 Å². The molecule has 3 aromatic rings. The molecule has 0 aliphatic rings. The van der Waals surface area contributed by atoms with E-state index in [2.05, 4.69) is 46.8 Å². The summed E-state index contributed by atoms with van der Waals surface area (Å²) < 4.78 is 16.5. The number of ether oxygens (including phenoxy) is 2. The first-order valence-corrected chi connectivity index (χ1v) is 11.1. The molecule has 0 aliphatic carbocycles. The van der Waals surface area contributed by atoms with E-state index in [-0.39, 0.29) is 24.0 Å². The van der Waals surface area contributed by atoms with Crippen LogP contribution in [0.5, 0.6) is 11.5 Å². The Morgan fingerprint density at radius 1 is 1.12 bits per heavy atom. The predicted octanol–water partition coefficient (Wildman–Crippen LogP) is 2.27. The highest BCUT2D eigenvalue weighted by Gasteiger charge is 2.17. The molecule has 0 spiro atoms. The summed E-state index contributed by atoms with van der Waals surface area (Å²) >= 11 is 3.52. The number of carbonyl (C=O) groups is 2. The van der Waals surface area contributed by atoms with E-state index >= 15 is 0 Å². The Kier molecular flexibility index (Phi) is 8.82. The van der Waals surface area contributed by atoms with Crippen molar-refractivity contribution in [3.63, 3.8) is 0 Å². The second-order valence-corrected chi connectivity index (χ2v) is 8.05. The highest BCUT2D eigenvalue weighted by atomic mass is 79.9. The molecule has 5 N–H and O–H groups in total. The fraction of sp³-hybridized carbons (Fsp3) is 0.273. The van der Waals surface area contributed by atoms with E-state index in [0.717, 1.165) is 15.6 Å². The molecule has 2 amide bonds. The number of rotatable bonds is 11. The van der Waals surface area contributed by atoms with Gasteiger partial charge in [0.05, 0.1) is 7.11 Å². The van der Waals surface area contributed by atoms with Gasteiger partial charge < -0.3 is 31.2 Å². The van der Waals surface area contributed by atoms with Crippen LogP contribution in [-0.4, -0.2) is 48.9 Å². The lowest BCUT2D eigenvalue weighted by Gasteiger charge is -2.17. The van der Waals surface area contributed by atoms with E-state index in [1.54, 1.807) is 6.07 Å². The van der Waals surface area contributed by atoms with Crippen LogP contribution in [0.3, 0.4) is 0 Å². The van der Waals surface area contributed by atoms with Gasteiger partial charge >= 0.3 is 0 Å².